The maximum Gasteiger partial charge on any atom is 0.336 e. The fourth-order valence-electron chi connectivity index (χ4n) is 1.33. The molecule has 0 radical (unpaired) electrons. The molecule has 0 saturated carbocycles. The Hall–Kier alpha value is -1.13. The lowest BCUT2D eigenvalue weighted by molar-refractivity contribution is 0.0699. The van der Waals surface area contributed by atoms with Crippen molar-refractivity contribution in [3.8, 4) is 0 Å². The SMILES string of the molecule is Cl.O=C(O)c1ccnc2c(Br)cccc12. The van der Waals surface area contributed by atoms with Crippen LogP contribution in [0.15, 0.2) is 34.9 Å². The number of nitrogens with zero attached hydrogens (tertiary/aromatic N) is 1. The minimum absolute atomic E-state index is 0. The minimum atomic E-state index is -0.935. The average molecular weight is 289 g/mol. The van der Waals surface area contributed by atoms with E-state index < -0.39 is 5.97 Å². The Kier molecular flexibility index (Phi) is 3.66. The monoisotopic (exact) mass is 287 g/mol. The van der Waals surface area contributed by atoms with Crippen molar-refractivity contribution in [1.29, 1.82) is 0 Å². The Balaban J connectivity index is 0.00000112. The second kappa shape index (κ2) is 4.59. The van der Waals surface area contributed by atoms with E-state index in [2.05, 4.69) is 20.9 Å². The highest BCUT2D eigenvalue weighted by molar-refractivity contribution is 9.10. The smallest absolute Gasteiger partial charge is 0.336 e. The van der Waals surface area contributed by atoms with Crippen LogP contribution in [0, 0.1) is 0 Å². The highest BCUT2D eigenvalue weighted by Crippen LogP contribution is 2.23. The lowest BCUT2D eigenvalue weighted by Crippen LogP contribution is -1.98. The molecule has 1 aromatic heterocycles. The van der Waals surface area contributed by atoms with E-state index >= 15 is 0 Å². The van der Waals surface area contributed by atoms with E-state index in [1.54, 1.807) is 12.1 Å². The summed E-state index contributed by atoms with van der Waals surface area (Å²) in [5.41, 5.74) is 0.948. The molecule has 2 aromatic rings. The Bertz CT molecular complexity index is 516. The first kappa shape index (κ1) is 11.9. The van der Waals surface area contributed by atoms with Crippen molar-refractivity contribution in [2.75, 3.05) is 0 Å². The third-order valence-electron chi connectivity index (χ3n) is 1.95. The van der Waals surface area contributed by atoms with Crippen molar-refractivity contribution in [3.63, 3.8) is 0 Å². The average Bonchev–Trinajstić information content (AvgIpc) is 2.17. The Labute approximate surface area is 101 Å². The number of aromatic carboxylic acids is 1. The van der Waals surface area contributed by atoms with Gasteiger partial charge in [0.2, 0.25) is 0 Å². The van der Waals surface area contributed by atoms with Crippen LogP contribution in [0.5, 0.6) is 0 Å². The van der Waals surface area contributed by atoms with E-state index in [4.69, 9.17) is 5.11 Å². The zero-order valence-electron chi connectivity index (χ0n) is 7.48. The summed E-state index contributed by atoms with van der Waals surface area (Å²) < 4.78 is 0.804. The molecule has 0 spiro atoms. The van der Waals surface area contributed by atoms with Crippen molar-refractivity contribution in [3.05, 3.63) is 40.5 Å². The van der Waals surface area contributed by atoms with Gasteiger partial charge in [-0.3, -0.25) is 4.98 Å². The predicted octanol–water partition coefficient (Wildman–Crippen LogP) is 3.12. The van der Waals surface area contributed by atoms with Crippen LogP contribution in [0.3, 0.4) is 0 Å². The van der Waals surface area contributed by atoms with Crippen molar-refractivity contribution in [2.45, 2.75) is 0 Å². The van der Waals surface area contributed by atoms with Gasteiger partial charge in [0.15, 0.2) is 0 Å². The fourth-order valence-corrected chi connectivity index (χ4v) is 1.80. The summed E-state index contributed by atoms with van der Waals surface area (Å²) in [5, 5.41) is 9.58. The summed E-state index contributed by atoms with van der Waals surface area (Å²) in [6, 6.07) is 6.87. The molecule has 5 heteroatoms. The van der Waals surface area contributed by atoms with E-state index in [0.717, 1.165) is 4.47 Å². The highest BCUT2D eigenvalue weighted by atomic mass is 79.9. The van der Waals surface area contributed by atoms with Crippen LogP contribution in [0.25, 0.3) is 10.9 Å². The topological polar surface area (TPSA) is 50.2 Å². The van der Waals surface area contributed by atoms with E-state index in [-0.39, 0.29) is 18.0 Å². The molecule has 0 unspecified atom stereocenters. The molecular weight excluding hydrogens is 281 g/mol. The third kappa shape index (κ3) is 2.11. The normalized spacial score (nSPS) is 9.67. The second-order valence-electron chi connectivity index (χ2n) is 2.80. The summed E-state index contributed by atoms with van der Waals surface area (Å²) in [5.74, 6) is -0.935. The fraction of sp³-hybridized carbons (Fsp3) is 0. The molecule has 0 saturated heterocycles. The number of carboxylic acid groups (broad SMARTS) is 1. The number of halogens is 2. The number of rotatable bonds is 1. The molecule has 1 N–H and O–H groups in total. The van der Waals surface area contributed by atoms with Crippen molar-refractivity contribution >= 4 is 45.2 Å². The van der Waals surface area contributed by atoms with Crippen molar-refractivity contribution in [2.24, 2.45) is 0 Å². The number of fused-ring (bicyclic) bond motifs is 1. The van der Waals surface area contributed by atoms with E-state index in [1.165, 1.54) is 12.3 Å². The first-order valence-corrected chi connectivity index (χ1v) is 4.76. The number of aromatic nitrogens is 1. The van der Waals surface area contributed by atoms with Gasteiger partial charge in [0, 0.05) is 16.1 Å². The lowest BCUT2D eigenvalue weighted by atomic mass is 10.1. The van der Waals surface area contributed by atoms with Crippen LogP contribution in [-0.4, -0.2) is 16.1 Å². The molecule has 0 amide bonds. The molecular formula is C10H7BrClNO2. The Morgan fingerprint density at radius 1 is 1.33 bits per heavy atom. The van der Waals surface area contributed by atoms with Crippen LogP contribution in [0.2, 0.25) is 0 Å². The molecule has 0 atom stereocenters. The third-order valence-corrected chi connectivity index (χ3v) is 2.59. The van der Waals surface area contributed by atoms with Crippen LogP contribution < -0.4 is 0 Å². The number of hydrogen-bond donors (Lipinski definition) is 1. The summed E-state index contributed by atoms with van der Waals surface area (Å²) >= 11 is 3.32. The maximum atomic E-state index is 10.9. The molecule has 0 aliphatic rings. The first-order chi connectivity index (χ1) is 6.70. The molecule has 0 aliphatic heterocycles. The molecule has 15 heavy (non-hydrogen) atoms. The van der Waals surface area contributed by atoms with Gasteiger partial charge in [0.1, 0.15) is 0 Å². The van der Waals surface area contributed by atoms with Gasteiger partial charge in [-0.25, -0.2) is 4.79 Å². The van der Waals surface area contributed by atoms with Crippen LogP contribution in [0.4, 0.5) is 0 Å². The van der Waals surface area contributed by atoms with Crippen molar-refractivity contribution in [1.82, 2.24) is 4.98 Å². The number of para-hydroxylation sites is 1. The quantitative estimate of drug-likeness (QED) is 0.877. The molecule has 1 heterocycles. The molecule has 0 aliphatic carbocycles. The van der Waals surface area contributed by atoms with Crippen molar-refractivity contribution < 1.29 is 9.90 Å². The van der Waals surface area contributed by atoms with Crippen LogP contribution in [-0.2, 0) is 0 Å². The summed E-state index contributed by atoms with van der Waals surface area (Å²) in [6.45, 7) is 0. The van der Waals surface area contributed by atoms with Crippen LogP contribution >= 0.6 is 28.3 Å². The molecule has 0 bridgehead atoms. The Morgan fingerprint density at radius 2 is 2.07 bits per heavy atom. The zero-order chi connectivity index (χ0) is 10.1. The van der Waals surface area contributed by atoms with Gasteiger partial charge in [-0.05, 0) is 28.1 Å². The molecule has 0 fully saturated rings. The highest BCUT2D eigenvalue weighted by Gasteiger charge is 2.09. The van der Waals surface area contributed by atoms with E-state index in [0.29, 0.717) is 10.9 Å². The number of carbonyl (C=O) groups is 1. The lowest BCUT2D eigenvalue weighted by Gasteiger charge is -2.02. The molecule has 2 rings (SSSR count). The van der Waals surface area contributed by atoms with Gasteiger partial charge < -0.3 is 5.11 Å². The standard InChI is InChI=1S/C10H6BrNO2.ClH/c11-8-3-1-2-6-7(10(13)14)4-5-12-9(6)8;/h1-5H,(H,13,14);1H. The summed E-state index contributed by atoms with van der Waals surface area (Å²) in [6.07, 6.45) is 1.50. The van der Waals surface area contributed by atoms with E-state index in [9.17, 15) is 4.79 Å². The van der Waals surface area contributed by atoms with Gasteiger partial charge >= 0.3 is 5.97 Å². The van der Waals surface area contributed by atoms with E-state index in [1.807, 2.05) is 6.07 Å². The molecule has 1 aromatic carbocycles. The number of hydrogen-bond acceptors (Lipinski definition) is 2. The first-order valence-electron chi connectivity index (χ1n) is 3.96. The van der Waals surface area contributed by atoms with Gasteiger partial charge in [-0.15, -0.1) is 12.4 Å². The van der Waals surface area contributed by atoms with Gasteiger partial charge in [-0.2, -0.15) is 0 Å². The number of benzene rings is 1. The summed E-state index contributed by atoms with van der Waals surface area (Å²) in [4.78, 5) is 15.0. The molecule has 3 nitrogen and oxygen atoms in total. The van der Waals surface area contributed by atoms with Gasteiger partial charge in [-0.1, -0.05) is 12.1 Å². The maximum absolute atomic E-state index is 10.9. The predicted molar refractivity (Wildman–Crippen MR) is 63.7 cm³/mol. The zero-order valence-corrected chi connectivity index (χ0v) is 9.88. The Morgan fingerprint density at radius 3 is 2.73 bits per heavy atom. The van der Waals surface area contributed by atoms with Gasteiger partial charge in [0.05, 0.1) is 11.1 Å². The summed E-state index contributed by atoms with van der Waals surface area (Å²) in [7, 11) is 0. The number of carboxylic acids is 1. The van der Waals surface area contributed by atoms with Gasteiger partial charge in [0.25, 0.3) is 0 Å². The number of pyridine rings is 1. The minimum Gasteiger partial charge on any atom is -0.478 e. The largest absolute Gasteiger partial charge is 0.478 e. The molecule has 78 valence electrons. The second-order valence-corrected chi connectivity index (χ2v) is 3.65. The van der Waals surface area contributed by atoms with Crippen LogP contribution in [0.1, 0.15) is 10.4 Å².